The van der Waals surface area contributed by atoms with Crippen LogP contribution < -0.4 is 5.32 Å². The zero-order chi connectivity index (χ0) is 21.8. The lowest BCUT2D eigenvalue weighted by Gasteiger charge is -2.31. The van der Waals surface area contributed by atoms with Crippen LogP contribution >= 0.6 is 0 Å². The Morgan fingerprint density at radius 2 is 1.74 bits per heavy atom. The number of amides is 1. The molecule has 4 rings (SSSR count). The Balaban J connectivity index is 1.51. The maximum Gasteiger partial charge on any atom is 0.259 e. The van der Waals surface area contributed by atoms with Crippen molar-refractivity contribution in [2.75, 3.05) is 18.4 Å². The highest BCUT2D eigenvalue weighted by Crippen LogP contribution is 2.29. The molecule has 2 heterocycles. The summed E-state index contributed by atoms with van der Waals surface area (Å²) in [5.74, 6) is 0.186. The normalized spacial score (nSPS) is 17.3. The number of hydrogen-bond acceptors (Lipinski definition) is 5. The number of rotatable bonds is 5. The zero-order valence-electron chi connectivity index (χ0n) is 17.2. The number of hydrogen-bond donors (Lipinski definition) is 1. The summed E-state index contributed by atoms with van der Waals surface area (Å²) in [6.45, 7) is 2.57. The molecule has 1 aliphatic heterocycles. The van der Waals surface area contributed by atoms with E-state index in [-0.39, 0.29) is 11.8 Å². The van der Waals surface area contributed by atoms with Gasteiger partial charge < -0.3 is 5.32 Å². The largest absolute Gasteiger partial charge is 0.322 e. The van der Waals surface area contributed by atoms with Crippen LogP contribution in [0.15, 0.2) is 71.8 Å². The summed E-state index contributed by atoms with van der Waals surface area (Å²) in [4.78, 5) is 21.9. The minimum absolute atomic E-state index is 0.114. The molecule has 0 spiro atoms. The second-order valence-corrected chi connectivity index (χ2v) is 9.50. The second kappa shape index (κ2) is 8.95. The van der Waals surface area contributed by atoms with E-state index in [1.165, 1.54) is 10.5 Å². The number of piperidine rings is 1. The van der Waals surface area contributed by atoms with Crippen molar-refractivity contribution in [2.45, 2.75) is 30.6 Å². The Hall–Kier alpha value is -3.10. The third-order valence-electron chi connectivity index (χ3n) is 5.40. The lowest BCUT2D eigenvalue weighted by Crippen LogP contribution is -2.39. The fourth-order valence-corrected chi connectivity index (χ4v) is 5.28. The van der Waals surface area contributed by atoms with Crippen LogP contribution in [0.3, 0.4) is 0 Å². The maximum atomic E-state index is 13.0. The van der Waals surface area contributed by atoms with Crippen LogP contribution in [0.4, 0.5) is 5.69 Å². The number of benzene rings is 2. The number of para-hydroxylation sites is 1. The molecular weight excluding hydrogens is 412 g/mol. The number of aromatic nitrogens is 2. The summed E-state index contributed by atoms with van der Waals surface area (Å²) in [7, 11) is -3.56. The van der Waals surface area contributed by atoms with Gasteiger partial charge in [0.1, 0.15) is 5.82 Å². The summed E-state index contributed by atoms with van der Waals surface area (Å²) in [5.41, 5.74) is 1.67. The molecule has 1 atom stereocenters. The minimum atomic E-state index is -3.56. The molecule has 1 saturated heterocycles. The fraction of sp³-hybridized carbons (Fsp3) is 0.261. The number of nitrogens with zero attached hydrogens (tertiary/aromatic N) is 3. The first-order chi connectivity index (χ1) is 14.9. The number of aryl methyl sites for hydroxylation is 1. The van der Waals surface area contributed by atoms with Crippen molar-refractivity contribution in [2.24, 2.45) is 0 Å². The molecule has 0 radical (unpaired) electrons. The molecule has 1 fully saturated rings. The Morgan fingerprint density at radius 3 is 2.42 bits per heavy atom. The summed E-state index contributed by atoms with van der Waals surface area (Å²) in [6.07, 6.45) is 3.06. The van der Waals surface area contributed by atoms with Crippen LogP contribution in [0.5, 0.6) is 0 Å². The molecule has 2 aromatic carbocycles. The number of sulfonamides is 1. The third kappa shape index (κ3) is 4.65. The van der Waals surface area contributed by atoms with Gasteiger partial charge in [-0.05, 0) is 44.0 Å². The van der Waals surface area contributed by atoms with E-state index in [0.717, 1.165) is 12.8 Å². The Bertz CT molecular complexity index is 1170. The van der Waals surface area contributed by atoms with E-state index in [4.69, 9.17) is 0 Å². The minimum Gasteiger partial charge on any atom is -0.322 e. The molecule has 0 unspecified atom stereocenters. The van der Waals surface area contributed by atoms with Crippen LogP contribution in [0.1, 0.15) is 40.6 Å². The van der Waals surface area contributed by atoms with Crippen molar-refractivity contribution < 1.29 is 13.2 Å². The van der Waals surface area contributed by atoms with Crippen molar-refractivity contribution in [3.63, 3.8) is 0 Å². The number of anilines is 1. The lowest BCUT2D eigenvalue weighted by molar-refractivity contribution is 0.102. The van der Waals surface area contributed by atoms with Crippen molar-refractivity contribution >= 4 is 21.6 Å². The zero-order valence-corrected chi connectivity index (χ0v) is 18.0. The van der Waals surface area contributed by atoms with E-state index >= 15 is 0 Å². The predicted molar refractivity (Wildman–Crippen MR) is 118 cm³/mol. The van der Waals surface area contributed by atoms with Crippen molar-refractivity contribution in [1.82, 2.24) is 14.3 Å². The molecule has 0 saturated carbocycles. The van der Waals surface area contributed by atoms with Crippen LogP contribution in [0.25, 0.3) is 0 Å². The molecule has 31 heavy (non-hydrogen) atoms. The van der Waals surface area contributed by atoms with Gasteiger partial charge in [-0.2, -0.15) is 4.31 Å². The first kappa shape index (κ1) is 21.1. The first-order valence-electron chi connectivity index (χ1n) is 10.2. The molecular formula is C23H24N4O3S. The molecule has 3 aromatic rings. The van der Waals surface area contributed by atoms with Gasteiger partial charge in [-0.15, -0.1) is 0 Å². The maximum absolute atomic E-state index is 13.0. The molecule has 8 heteroatoms. The van der Waals surface area contributed by atoms with Crippen molar-refractivity contribution in [3.05, 3.63) is 83.9 Å². The highest BCUT2D eigenvalue weighted by Gasteiger charge is 2.32. The van der Waals surface area contributed by atoms with Crippen LogP contribution in [0.2, 0.25) is 0 Å². The van der Waals surface area contributed by atoms with Gasteiger partial charge in [0.2, 0.25) is 10.0 Å². The molecule has 160 valence electrons. The van der Waals surface area contributed by atoms with Crippen molar-refractivity contribution in [3.8, 4) is 0 Å². The topological polar surface area (TPSA) is 92.3 Å². The number of carbonyl (C=O) groups excluding carboxylic acids is 1. The van der Waals surface area contributed by atoms with Gasteiger partial charge >= 0.3 is 0 Å². The number of nitrogens with one attached hydrogen (secondary N) is 1. The summed E-state index contributed by atoms with van der Waals surface area (Å²) < 4.78 is 27.5. The first-order valence-corrected chi connectivity index (χ1v) is 11.6. The van der Waals surface area contributed by atoms with Gasteiger partial charge in [0.05, 0.1) is 16.2 Å². The van der Waals surface area contributed by atoms with E-state index in [0.29, 0.717) is 40.8 Å². The van der Waals surface area contributed by atoms with E-state index in [1.54, 1.807) is 37.3 Å². The molecule has 7 nitrogen and oxygen atoms in total. The SMILES string of the molecule is Cc1nc([C@H]2CCCN(S(=O)(=O)c3ccccc3)C2)ncc1C(=O)Nc1ccccc1. The molecule has 1 amide bonds. The van der Waals surface area contributed by atoms with Gasteiger partial charge in [-0.25, -0.2) is 18.4 Å². The summed E-state index contributed by atoms with van der Waals surface area (Å²) in [5, 5.41) is 2.84. The average molecular weight is 437 g/mol. The van der Waals surface area contributed by atoms with Gasteiger partial charge in [-0.3, -0.25) is 4.79 Å². The quantitative estimate of drug-likeness (QED) is 0.660. The van der Waals surface area contributed by atoms with Gasteiger partial charge in [0.25, 0.3) is 5.91 Å². The highest BCUT2D eigenvalue weighted by molar-refractivity contribution is 7.89. The predicted octanol–water partition coefficient (Wildman–Crippen LogP) is 3.61. The molecule has 0 aliphatic carbocycles. The lowest BCUT2D eigenvalue weighted by atomic mass is 9.98. The molecule has 1 aromatic heterocycles. The van der Waals surface area contributed by atoms with Gasteiger partial charge in [-0.1, -0.05) is 36.4 Å². The standard InChI is InChI=1S/C23H24N4O3S/c1-17-21(23(28)26-19-10-4-2-5-11-19)15-24-22(25-17)18-9-8-14-27(16-18)31(29,30)20-12-6-3-7-13-20/h2-7,10-13,15,18H,8-9,14,16H2,1H3,(H,26,28)/t18-/m0/s1. The average Bonchev–Trinajstić information content (AvgIpc) is 2.80. The van der Waals surface area contributed by atoms with Gasteiger partial charge in [0, 0.05) is 30.9 Å². The van der Waals surface area contributed by atoms with E-state index in [1.807, 2.05) is 30.3 Å². The molecule has 1 aliphatic rings. The second-order valence-electron chi connectivity index (χ2n) is 7.56. The Labute approximate surface area is 182 Å². The highest BCUT2D eigenvalue weighted by atomic mass is 32.2. The van der Waals surface area contributed by atoms with Gasteiger partial charge in [0.15, 0.2) is 0 Å². The third-order valence-corrected chi connectivity index (χ3v) is 7.28. The monoisotopic (exact) mass is 436 g/mol. The van der Waals surface area contributed by atoms with E-state index < -0.39 is 10.0 Å². The Kier molecular flexibility index (Phi) is 6.11. The smallest absolute Gasteiger partial charge is 0.259 e. The van der Waals surface area contributed by atoms with E-state index in [9.17, 15) is 13.2 Å². The Morgan fingerprint density at radius 1 is 1.06 bits per heavy atom. The molecule has 0 bridgehead atoms. The van der Waals surface area contributed by atoms with Crippen LogP contribution in [-0.4, -0.2) is 41.7 Å². The molecule has 1 N–H and O–H groups in total. The summed E-state index contributed by atoms with van der Waals surface area (Å²) >= 11 is 0. The number of carbonyl (C=O) groups is 1. The summed E-state index contributed by atoms with van der Waals surface area (Å²) in [6, 6.07) is 17.7. The fourth-order valence-electron chi connectivity index (χ4n) is 3.74. The van der Waals surface area contributed by atoms with E-state index in [2.05, 4.69) is 15.3 Å². The van der Waals surface area contributed by atoms with Crippen molar-refractivity contribution in [1.29, 1.82) is 0 Å². The van der Waals surface area contributed by atoms with Crippen LogP contribution in [-0.2, 0) is 10.0 Å². The van der Waals surface area contributed by atoms with Crippen LogP contribution in [0, 0.1) is 6.92 Å².